The maximum Gasteiger partial charge on any atom is 0.194 e. The van der Waals surface area contributed by atoms with Crippen molar-refractivity contribution in [3.8, 4) is 0 Å². The molecule has 0 saturated carbocycles. The summed E-state index contributed by atoms with van der Waals surface area (Å²) in [4.78, 5) is 6.73. The highest BCUT2D eigenvalue weighted by molar-refractivity contribution is 5.80. The number of rotatable bonds is 5. The summed E-state index contributed by atoms with van der Waals surface area (Å²) >= 11 is 0. The number of hydrogen-bond donors (Lipinski definition) is 1. The van der Waals surface area contributed by atoms with Gasteiger partial charge in [0.15, 0.2) is 5.96 Å². The Bertz CT molecular complexity index is 792. The Hall–Kier alpha value is -2.48. The monoisotopic (exact) mass is 377 g/mol. The molecular weight excluding hydrogens is 352 g/mol. The quantitative estimate of drug-likeness (QED) is 0.642. The highest BCUT2D eigenvalue weighted by Crippen LogP contribution is 2.21. The van der Waals surface area contributed by atoms with Gasteiger partial charge in [-0.2, -0.15) is 5.10 Å². The van der Waals surface area contributed by atoms with Crippen LogP contribution in [0.2, 0.25) is 0 Å². The van der Waals surface area contributed by atoms with Crippen LogP contribution >= 0.6 is 0 Å². The van der Waals surface area contributed by atoms with Crippen molar-refractivity contribution >= 4 is 5.96 Å². The molecule has 8 heteroatoms. The molecule has 1 atom stereocenters. The molecule has 1 unspecified atom stereocenters. The van der Waals surface area contributed by atoms with Gasteiger partial charge < -0.3 is 15.0 Å². The summed E-state index contributed by atoms with van der Waals surface area (Å²) < 4.78 is 34.7. The van der Waals surface area contributed by atoms with Crippen molar-refractivity contribution in [2.45, 2.75) is 19.4 Å². The molecule has 2 aromatic rings. The molecule has 3 rings (SSSR count). The lowest BCUT2D eigenvalue weighted by molar-refractivity contribution is -0.00803. The SMILES string of the molecule is CCNC(=NCCc1cc(F)ccc1F)N1CCOC(c2cnn(C)c2)C1. The lowest BCUT2D eigenvalue weighted by atomic mass is 10.1. The standard InChI is InChI=1S/C19H25F2N5O/c1-3-22-19(23-7-6-14-10-16(20)4-5-17(14)21)26-8-9-27-18(13-26)15-11-24-25(2)12-15/h4-5,10-12,18H,3,6-9,13H2,1-2H3,(H,22,23). The van der Waals surface area contributed by atoms with Gasteiger partial charge in [-0.3, -0.25) is 9.67 Å². The van der Waals surface area contributed by atoms with E-state index in [1.165, 1.54) is 6.07 Å². The Morgan fingerprint density at radius 2 is 2.26 bits per heavy atom. The fraction of sp³-hybridized carbons (Fsp3) is 0.474. The normalized spacial score (nSPS) is 18.0. The van der Waals surface area contributed by atoms with Crippen LogP contribution in [0, 0.1) is 11.6 Å². The van der Waals surface area contributed by atoms with Crippen molar-refractivity contribution in [1.29, 1.82) is 0 Å². The van der Waals surface area contributed by atoms with Gasteiger partial charge in [0.2, 0.25) is 0 Å². The topological polar surface area (TPSA) is 54.7 Å². The van der Waals surface area contributed by atoms with Gasteiger partial charge in [0.1, 0.15) is 17.7 Å². The van der Waals surface area contributed by atoms with Gasteiger partial charge in [-0.15, -0.1) is 0 Å². The number of guanidine groups is 1. The highest BCUT2D eigenvalue weighted by Gasteiger charge is 2.25. The van der Waals surface area contributed by atoms with E-state index in [9.17, 15) is 8.78 Å². The molecule has 1 aliphatic heterocycles. The molecule has 27 heavy (non-hydrogen) atoms. The molecule has 0 amide bonds. The van der Waals surface area contributed by atoms with E-state index < -0.39 is 11.6 Å². The van der Waals surface area contributed by atoms with Crippen molar-refractivity contribution in [3.63, 3.8) is 0 Å². The molecule has 1 fully saturated rings. The molecule has 6 nitrogen and oxygen atoms in total. The Morgan fingerprint density at radius 3 is 3.00 bits per heavy atom. The Kier molecular flexibility index (Phi) is 6.39. The number of ether oxygens (including phenoxy) is 1. The van der Waals surface area contributed by atoms with E-state index in [4.69, 9.17) is 4.74 Å². The van der Waals surface area contributed by atoms with E-state index >= 15 is 0 Å². The molecule has 146 valence electrons. The fourth-order valence-electron chi connectivity index (χ4n) is 3.09. The third kappa shape index (κ3) is 5.03. The van der Waals surface area contributed by atoms with Gasteiger partial charge in [0.25, 0.3) is 0 Å². The van der Waals surface area contributed by atoms with Crippen molar-refractivity contribution in [1.82, 2.24) is 20.0 Å². The number of aliphatic imine (C=N–C) groups is 1. The van der Waals surface area contributed by atoms with Gasteiger partial charge in [0.05, 0.1) is 19.3 Å². The molecule has 2 heterocycles. The molecular formula is C19H25F2N5O. The number of nitrogens with one attached hydrogen (secondary N) is 1. The Balaban J connectivity index is 1.66. The number of aryl methyl sites for hydroxylation is 1. The van der Waals surface area contributed by atoms with Crippen LogP contribution in [0.4, 0.5) is 8.78 Å². The van der Waals surface area contributed by atoms with E-state index in [1.54, 1.807) is 4.68 Å². The molecule has 1 aliphatic rings. The first-order valence-electron chi connectivity index (χ1n) is 9.14. The van der Waals surface area contributed by atoms with E-state index in [2.05, 4.69) is 20.3 Å². The van der Waals surface area contributed by atoms with Crippen LogP contribution in [-0.2, 0) is 18.2 Å². The molecule has 1 saturated heterocycles. The first kappa shape index (κ1) is 19.3. The van der Waals surface area contributed by atoms with E-state index in [0.29, 0.717) is 31.7 Å². The van der Waals surface area contributed by atoms with Crippen LogP contribution in [0.15, 0.2) is 35.6 Å². The number of nitrogens with zero attached hydrogens (tertiary/aromatic N) is 4. The lowest BCUT2D eigenvalue weighted by Gasteiger charge is -2.34. The fourth-order valence-corrected chi connectivity index (χ4v) is 3.09. The largest absolute Gasteiger partial charge is 0.370 e. The van der Waals surface area contributed by atoms with Crippen LogP contribution < -0.4 is 5.32 Å². The summed E-state index contributed by atoms with van der Waals surface area (Å²) in [7, 11) is 1.88. The predicted molar refractivity (Wildman–Crippen MR) is 99.5 cm³/mol. The summed E-state index contributed by atoms with van der Waals surface area (Å²) in [6, 6.07) is 3.50. The van der Waals surface area contributed by atoms with Gasteiger partial charge in [-0.05, 0) is 37.1 Å². The summed E-state index contributed by atoms with van der Waals surface area (Å²) in [6.45, 7) is 5.06. The van der Waals surface area contributed by atoms with Crippen LogP contribution in [0.3, 0.4) is 0 Å². The summed E-state index contributed by atoms with van der Waals surface area (Å²) in [5, 5.41) is 7.48. The number of halogens is 2. The third-order valence-electron chi connectivity index (χ3n) is 4.45. The van der Waals surface area contributed by atoms with E-state index in [-0.39, 0.29) is 6.10 Å². The average molecular weight is 377 g/mol. The Labute approximate surface area is 157 Å². The number of morpholine rings is 1. The van der Waals surface area contributed by atoms with Crippen LogP contribution in [-0.4, -0.2) is 53.4 Å². The molecule has 0 spiro atoms. The first-order valence-corrected chi connectivity index (χ1v) is 9.14. The Morgan fingerprint density at radius 1 is 1.41 bits per heavy atom. The van der Waals surface area contributed by atoms with Gasteiger partial charge in [-0.1, -0.05) is 0 Å². The summed E-state index contributed by atoms with van der Waals surface area (Å²) in [6.07, 6.45) is 4.03. The number of benzene rings is 1. The van der Waals surface area contributed by atoms with Crippen LogP contribution in [0.25, 0.3) is 0 Å². The van der Waals surface area contributed by atoms with Crippen molar-refractivity contribution in [3.05, 3.63) is 53.4 Å². The highest BCUT2D eigenvalue weighted by atomic mass is 19.1. The zero-order chi connectivity index (χ0) is 19.2. The second-order valence-electron chi connectivity index (χ2n) is 6.47. The van der Waals surface area contributed by atoms with E-state index in [1.807, 2.05) is 26.4 Å². The molecule has 1 aromatic carbocycles. The third-order valence-corrected chi connectivity index (χ3v) is 4.45. The minimum absolute atomic E-state index is 0.0723. The van der Waals surface area contributed by atoms with Crippen LogP contribution in [0.1, 0.15) is 24.2 Å². The van der Waals surface area contributed by atoms with Gasteiger partial charge in [0, 0.05) is 38.4 Å². The first-order chi connectivity index (χ1) is 13.1. The molecule has 0 aliphatic carbocycles. The van der Waals surface area contributed by atoms with E-state index in [0.717, 1.165) is 36.7 Å². The number of hydrogen-bond acceptors (Lipinski definition) is 3. The smallest absolute Gasteiger partial charge is 0.194 e. The zero-order valence-electron chi connectivity index (χ0n) is 15.7. The van der Waals surface area contributed by atoms with Gasteiger partial charge in [-0.25, -0.2) is 8.78 Å². The second-order valence-corrected chi connectivity index (χ2v) is 6.47. The lowest BCUT2D eigenvalue weighted by Crippen LogP contribution is -2.48. The van der Waals surface area contributed by atoms with Crippen molar-refractivity contribution in [2.24, 2.45) is 12.0 Å². The minimum Gasteiger partial charge on any atom is -0.370 e. The zero-order valence-corrected chi connectivity index (χ0v) is 15.7. The number of aromatic nitrogens is 2. The minimum atomic E-state index is -0.435. The summed E-state index contributed by atoms with van der Waals surface area (Å²) in [5.74, 6) is -0.0825. The average Bonchev–Trinajstić information content (AvgIpc) is 3.10. The maximum atomic E-state index is 13.8. The molecule has 1 aromatic heterocycles. The molecule has 0 radical (unpaired) electrons. The molecule has 1 N–H and O–H groups in total. The molecule has 0 bridgehead atoms. The van der Waals surface area contributed by atoms with Crippen LogP contribution in [0.5, 0.6) is 0 Å². The van der Waals surface area contributed by atoms with Crippen molar-refractivity contribution in [2.75, 3.05) is 32.8 Å². The predicted octanol–water partition coefficient (Wildman–Crippen LogP) is 2.28. The second kappa shape index (κ2) is 8.94. The van der Waals surface area contributed by atoms with Crippen molar-refractivity contribution < 1.29 is 13.5 Å². The van der Waals surface area contributed by atoms with Gasteiger partial charge >= 0.3 is 0 Å². The maximum absolute atomic E-state index is 13.8. The summed E-state index contributed by atoms with van der Waals surface area (Å²) in [5.41, 5.74) is 1.37.